The van der Waals surface area contributed by atoms with Crippen LogP contribution < -0.4 is 0 Å². The van der Waals surface area contributed by atoms with Gasteiger partial charge in [-0.15, -0.1) is 11.8 Å². The van der Waals surface area contributed by atoms with Gasteiger partial charge in [0.1, 0.15) is 5.58 Å². The molecular weight excluding hydrogens is 268 g/mol. The summed E-state index contributed by atoms with van der Waals surface area (Å²) in [6, 6.07) is 15.3. The lowest BCUT2D eigenvalue weighted by Gasteiger charge is -2.03. The maximum absolute atomic E-state index is 12.6. The third kappa shape index (κ3) is 2.25. The second kappa shape index (κ2) is 5.17. The van der Waals surface area contributed by atoms with Crippen LogP contribution in [0.25, 0.3) is 11.0 Å². The first-order valence-electron chi connectivity index (χ1n) is 6.37. The summed E-state index contributed by atoms with van der Waals surface area (Å²) in [6.07, 6.45) is 1.97. The molecule has 0 unspecified atom stereocenters. The lowest BCUT2D eigenvalue weighted by atomic mass is 10.1. The van der Waals surface area contributed by atoms with Gasteiger partial charge in [-0.25, -0.2) is 0 Å². The van der Waals surface area contributed by atoms with Crippen molar-refractivity contribution in [1.82, 2.24) is 0 Å². The minimum absolute atomic E-state index is 0.0659. The zero-order valence-corrected chi connectivity index (χ0v) is 12.2. The third-order valence-corrected chi connectivity index (χ3v) is 4.04. The van der Waals surface area contributed by atoms with Gasteiger partial charge in [0.05, 0.1) is 0 Å². The summed E-state index contributed by atoms with van der Waals surface area (Å²) < 4.78 is 5.68. The zero-order valence-electron chi connectivity index (χ0n) is 11.3. The van der Waals surface area contributed by atoms with Gasteiger partial charge in [0.2, 0.25) is 5.78 Å². The van der Waals surface area contributed by atoms with Gasteiger partial charge in [-0.3, -0.25) is 4.79 Å². The van der Waals surface area contributed by atoms with E-state index >= 15 is 0 Å². The van der Waals surface area contributed by atoms with E-state index in [0.29, 0.717) is 11.3 Å². The molecule has 2 aromatic carbocycles. The lowest BCUT2D eigenvalue weighted by molar-refractivity contribution is 0.101. The standard InChI is InChI=1S/C17H14O2S/c1-11-7-8-14-12(9-11)10-15(19-14)17(18)13-5-3-4-6-16(13)20-2/h3-10H,1-2H3. The van der Waals surface area contributed by atoms with E-state index in [2.05, 4.69) is 0 Å². The van der Waals surface area contributed by atoms with Crippen LogP contribution in [0.1, 0.15) is 21.7 Å². The molecule has 2 nitrogen and oxygen atoms in total. The number of thioether (sulfide) groups is 1. The van der Waals surface area contributed by atoms with Crippen LogP contribution in [0.4, 0.5) is 0 Å². The first-order chi connectivity index (χ1) is 9.69. The Labute approximate surface area is 121 Å². The van der Waals surface area contributed by atoms with Crippen molar-refractivity contribution in [2.45, 2.75) is 11.8 Å². The number of aryl methyl sites for hydroxylation is 1. The summed E-state index contributed by atoms with van der Waals surface area (Å²) >= 11 is 1.57. The van der Waals surface area contributed by atoms with Crippen LogP contribution in [0.2, 0.25) is 0 Å². The monoisotopic (exact) mass is 282 g/mol. The summed E-state index contributed by atoms with van der Waals surface area (Å²) in [5, 5.41) is 0.968. The third-order valence-electron chi connectivity index (χ3n) is 3.25. The van der Waals surface area contributed by atoms with Gasteiger partial charge in [0.25, 0.3) is 0 Å². The minimum Gasteiger partial charge on any atom is -0.453 e. The number of carbonyl (C=O) groups is 1. The average Bonchev–Trinajstić information content (AvgIpc) is 2.89. The Hall–Kier alpha value is -2.00. The molecule has 0 fully saturated rings. The molecule has 3 aromatic rings. The SMILES string of the molecule is CSc1ccccc1C(=O)c1cc2cc(C)ccc2o1. The molecule has 0 saturated heterocycles. The highest BCUT2D eigenvalue weighted by atomic mass is 32.2. The van der Waals surface area contributed by atoms with E-state index < -0.39 is 0 Å². The molecule has 0 saturated carbocycles. The highest BCUT2D eigenvalue weighted by Gasteiger charge is 2.17. The number of carbonyl (C=O) groups excluding carboxylic acids is 1. The molecule has 3 heteroatoms. The van der Waals surface area contributed by atoms with E-state index in [0.717, 1.165) is 21.4 Å². The van der Waals surface area contributed by atoms with Crippen molar-refractivity contribution in [3.63, 3.8) is 0 Å². The molecule has 0 atom stereocenters. The maximum Gasteiger partial charge on any atom is 0.229 e. The van der Waals surface area contributed by atoms with Gasteiger partial charge >= 0.3 is 0 Å². The van der Waals surface area contributed by atoms with Crippen LogP contribution >= 0.6 is 11.8 Å². The summed E-state index contributed by atoms with van der Waals surface area (Å²) in [5.41, 5.74) is 2.60. The Bertz CT molecular complexity index is 787. The molecule has 0 radical (unpaired) electrons. The fraction of sp³-hybridized carbons (Fsp3) is 0.118. The van der Waals surface area contributed by atoms with Crippen molar-refractivity contribution in [3.8, 4) is 0 Å². The molecule has 0 amide bonds. The van der Waals surface area contributed by atoms with Crippen LogP contribution in [0.3, 0.4) is 0 Å². The van der Waals surface area contributed by atoms with E-state index in [4.69, 9.17) is 4.42 Å². The second-order valence-corrected chi connectivity index (χ2v) is 5.53. The van der Waals surface area contributed by atoms with E-state index in [1.165, 1.54) is 0 Å². The van der Waals surface area contributed by atoms with Gasteiger partial charge in [-0.2, -0.15) is 0 Å². The van der Waals surface area contributed by atoms with Crippen LogP contribution in [-0.2, 0) is 0 Å². The maximum atomic E-state index is 12.6. The number of furan rings is 1. The van der Waals surface area contributed by atoms with Gasteiger partial charge in [0.15, 0.2) is 5.76 Å². The predicted octanol–water partition coefficient (Wildman–Crippen LogP) is 4.69. The normalized spacial score (nSPS) is 10.9. The fourth-order valence-electron chi connectivity index (χ4n) is 2.24. The van der Waals surface area contributed by atoms with Crippen molar-refractivity contribution in [2.75, 3.05) is 6.26 Å². The zero-order chi connectivity index (χ0) is 14.1. The Morgan fingerprint density at radius 3 is 2.70 bits per heavy atom. The predicted molar refractivity (Wildman–Crippen MR) is 82.6 cm³/mol. The summed E-state index contributed by atoms with van der Waals surface area (Å²) in [5.74, 6) is 0.330. The minimum atomic E-state index is -0.0659. The molecule has 1 aromatic heterocycles. The molecule has 0 aliphatic rings. The first kappa shape index (κ1) is 13.0. The van der Waals surface area contributed by atoms with Gasteiger partial charge in [-0.1, -0.05) is 23.8 Å². The first-order valence-corrected chi connectivity index (χ1v) is 7.59. The van der Waals surface area contributed by atoms with E-state index in [1.54, 1.807) is 11.8 Å². The number of ketones is 1. The van der Waals surface area contributed by atoms with Crippen molar-refractivity contribution >= 4 is 28.5 Å². The molecule has 3 rings (SSSR count). The molecule has 0 aliphatic carbocycles. The Morgan fingerprint density at radius 2 is 1.90 bits per heavy atom. The van der Waals surface area contributed by atoms with Gasteiger partial charge < -0.3 is 4.42 Å². The molecular formula is C17H14O2S. The molecule has 1 heterocycles. The second-order valence-electron chi connectivity index (χ2n) is 4.68. The van der Waals surface area contributed by atoms with Crippen LogP contribution in [0, 0.1) is 6.92 Å². The number of hydrogen-bond donors (Lipinski definition) is 0. The lowest BCUT2D eigenvalue weighted by Crippen LogP contribution is -2.01. The summed E-state index contributed by atoms with van der Waals surface area (Å²) in [6.45, 7) is 2.02. The molecule has 20 heavy (non-hydrogen) atoms. The number of benzene rings is 2. The molecule has 100 valence electrons. The number of rotatable bonds is 3. The summed E-state index contributed by atoms with van der Waals surface area (Å²) in [7, 11) is 0. The van der Waals surface area contributed by atoms with E-state index in [-0.39, 0.29) is 5.78 Å². The van der Waals surface area contributed by atoms with Crippen molar-refractivity contribution in [2.24, 2.45) is 0 Å². The molecule has 0 spiro atoms. The number of fused-ring (bicyclic) bond motifs is 1. The highest BCUT2D eigenvalue weighted by molar-refractivity contribution is 7.98. The quantitative estimate of drug-likeness (QED) is 0.515. The van der Waals surface area contributed by atoms with Gasteiger partial charge in [0, 0.05) is 15.8 Å². The topological polar surface area (TPSA) is 30.2 Å². The Morgan fingerprint density at radius 1 is 1.10 bits per heavy atom. The Kier molecular flexibility index (Phi) is 3.36. The van der Waals surface area contributed by atoms with Crippen molar-refractivity contribution in [3.05, 3.63) is 65.4 Å². The highest BCUT2D eigenvalue weighted by Crippen LogP contribution is 2.26. The van der Waals surface area contributed by atoms with Gasteiger partial charge in [-0.05, 0) is 43.5 Å². The van der Waals surface area contributed by atoms with Crippen molar-refractivity contribution in [1.29, 1.82) is 0 Å². The number of hydrogen-bond acceptors (Lipinski definition) is 3. The van der Waals surface area contributed by atoms with E-state index in [1.807, 2.05) is 61.7 Å². The van der Waals surface area contributed by atoms with E-state index in [9.17, 15) is 4.79 Å². The largest absolute Gasteiger partial charge is 0.453 e. The molecule has 0 aliphatic heterocycles. The van der Waals surface area contributed by atoms with Crippen LogP contribution in [0.5, 0.6) is 0 Å². The summed E-state index contributed by atoms with van der Waals surface area (Å²) in [4.78, 5) is 13.5. The average molecular weight is 282 g/mol. The molecule has 0 N–H and O–H groups in total. The van der Waals surface area contributed by atoms with Crippen molar-refractivity contribution < 1.29 is 9.21 Å². The fourth-order valence-corrected chi connectivity index (χ4v) is 2.83. The Balaban J connectivity index is 2.08. The smallest absolute Gasteiger partial charge is 0.229 e. The van der Waals surface area contributed by atoms with Crippen LogP contribution in [0.15, 0.2) is 57.8 Å². The molecule has 0 bridgehead atoms. The van der Waals surface area contributed by atoms with Crippen LogP contribution in [-0.4, -0.2) is 12.0 Å².